The van der Waals surface area contributed by atoms with Gasteiger partial charge in [0.15, 0.2) is 0 Å². The van der Waals surface area contributed by atoms with Crippen LogP contribution >= 0.6 is 0 Å². The Morgan fingerprint density at radius 2 is 1.92 bits per heavy atom. The molecule has 25 heavy (non-hydrogen) atoms. The van der Waals surface area contributed by atoms with Crippen LogP contribution in [0.4, 0.5) is 4.79 Å². The van der Waals surface area contributed by atoms with E-state index in [1.165, 1.54) is 29.5 Å². The SMILES string of the molecule is Cc1cccc(C2CCCCCN2C(=O)NCCc2ccccc2)c1. The minimum atomic E-state index is 0.0735. The fourth-order valence-electron chi connectivity index (χ4n) is 3.64. The number of nitrogens with one attached hydrogen (secondary N) is 1. The highest BCUT2D eigenvalue weighted by atomic mass is 16.2. The van der Waals surface area contributed by atoms with Gasteiger partial charge < -0.3 is 10.2 Å². The van der Waals surface area contributed by atoms with Gasteiger partial charge in [0.25, 0.3) is 0 Å². The first-order valence-electron chi connectivity index (χ1n) is 9.39. The number of urea groups is 1. The Morgan fingerprint density at radius 3 is 2.72 bits per heavy atom. The summed E-state index contributed by atoms with van der Waals surface area (Å²) in [6, 6.07) is 19.2. The van der Waals surface area contributed by atoms with Crippen molar-refractivity contribution in [3.63, 3.8) is 0 Å². The summed E-state index contributed by atoms with van der Waals surface area (Å²) in [6.45, 7) is 3.64. The highest BCUT2D eigenvalue weighted by molar-refractivity contribution is 5.74. The number of carbonyl (C=O) groups excluding carboxylic acids is 1. The molecule has 1 fully saturated rings. The fourth-order valence-corrected chi connectivity index (χ4v) is 3.64. The normalized spacial score (nSPS) is 17.8. The molecule has 1 aliphatic rings. The molecule has 1 heterocycles. The molecule has 0 aliphatic carbocycles. The number of carbonyl (C=O) groups is 1. The van der Waals surface area contributed by atoms with Crippen molar-refractivity contribution < 1.29 is 4.79 Å². The van der Waals surface area contributed by atoms with Gasteiger partial charge in [-0.15, -0.1) is 0 Å². The third kappa shape index (κ3) is 4.85. The maximum Gasteiger partial charge on any atom is 0.317 e. The van der Waals surface area contributed by atoms with Gasteiger partial charge in [0.1, 0.15) is 0 Å². The quantitative estimate of drug-likeness (QED) is 0.849. The van der Waals surface area contributed by atoms with Crippen molar-refractivity contribution in [2.75, 3.05) is 13.1 Å². The lowest BCUT2D eigenvalue weighted by Crippen LogP contribution is -2.42. The van der Waals surface area contributed by atoms with E-state index in [1.54, 1.807) is 0 Å². The van der Waals surface area contributed by atoms with E-state index in [0.29, 0.717) is 6.54 Å². The molecule has 0 aromatic heterocycles. The molecular weight excluding hydrogens is 308 g/mol. The summed E-state index contributed by atoms with van der Waals surface area (Å²) < 4.78 is 0. The average Bonchev–Trinajstić information content (AvgIpc) is 2.88. The molecule has 1 aliphatic heterocycles. The van der Waals surface area contributed by atoms with Crippen LogP contribution in [0.5, 0.6) is 0 Å². The van der Waals surface area contributed by atoms with Gasteiger partial charge in [-0.25, -0.2) is 4.79 Å². The van der Waals surface area contributed by atoms with Gasteiger partial charge in [0.2, 0.25) is 0 Å². The maximum atomic E-state index is 12.8. The van der Waals surface area contributed by atoms with Crippen LogP contribution in [0.2, 0.25) is 0 Å². The zero-order chi connectivity index (χ0) is 17.5. The number of rotatable bonds is 4. The van der Waals surface area contributed by atoms with E-state index in [4.69, 9.17) is 0 Å². The van der Waals surface area contributed by atoms with Crippen LogP contribution < -0.4 is 5.32 Å². The van der Waals surface area contributed by atoms with Crippen LogP contribution in [0.1, 0.15) is 48.4 Å². The van der Waals surface area contributed by atoms with Crippen molar-refractivity contribution in [2.24, 2.45) is 0 Å². The van der Waals surface area contributed by atoms with E-state index in [2.05, 4.69) is 48.6 Å². The maximum absolute atomic E-state index is 12.8. The minimum absolute atomic E-state index is 0.0735. The van der Waals surface area contributed by atoms with Crippen molar-refractivity contribution in [3.05, 3.63) is 71.3 Å². The van der Waals surface area contributed by atoms with Crippen molar-refractivity contribution in [3.8, 4) is 0 Å². The molecule has 2 aromatic carbocycles. The van der Waals surface area contributed by atoms with Crippen LogP contribution in [0.3, 0.4) is 0 Å². The van der Waals surface area contributed by atoms with Gasteiger partial charge in [-0.3, -0.25) is 0 Å². The Balaban J connectivity index is 1.65. The molecule has 1 unspecified atom stereocenters. The highest BCUT2D eigenvalue weighted by Gasteiger charge is 2.26. The van der Waals surface area contributed by atoms with Crippen LogP contribution in [0.25, 0.3) is 0 Å². The standard InChI is InChI=1S/C22H28N2O/c1-18-9-8-12-20(17-18)21-13-6-3-7-16-24(21)22(25)23-15-14-19-10-4-2-5-11-19/h2,4-5,8-12,17,21H,3,6-7,13-16H2,1H3,(H,23,25). The summed E-state index contributed by atoms with van der Waals surface area (Å²) in [6.07, 6.45) is 5.40. The molecule has 0 spiro atoms. The lowest BCUT2D eigenvalue weighted by Gasteiger charge is -2.31. The largest absolute Gasteiger partial charge is 0.338 e. The second-order valence-electron chi connectivity index (χ2n) is 6.94. The molecule has 1 atom stereocenters. The van der Waals surface area contributed by atoms with Gasteiger partial charge in [0.05, 0.1) is 6.04 Å². The van der Waals surface area contributed by atoms with Gasteiger partial charge in [0, 0.05) is 13.1 Å². The van der Waals surface area contributed by atoms with Gasteiger partial charge in [-0.1, -0.05) is 73.0 Å². The summed E-state index contributed by atoms with van der Waals surface area (Å²) in [4.78, 5) is 14.9. The second kappa shape index (κ2) is 8.70. The summed E-state index contributed by atoms with van der Waals surface area (Å²) >= 11 is 0. The Kier molecular flexibility index (Phi) is 6.10. The smallest absolute Gasteiger partial charge is 0.317 e. The molecule has 3 nitrogen and oxygen atoms in total. The topological polar surface area (TPSA) is 32.3 Å². The van der Waals surface area contributed by atoms with Crippen LogP contribution in [0, 0.1) is 6.92 Å². The number of hydrogen-bond donors (Lipinski definition) is 1. The fraction of sp³-hybridized carbons (Fsp3) is 0.409. The molecule has 0 radical (unpaired) electrons. The van der Waals surface area contributed by atoms with E-state index in [9.17, 15) is 4.79 Å². The zero-order valence-corrected chi connectivity index (χ0v) is 15.1. The van der Waals surface area contributed by atoms with Crippen molar-refractivity contribution in [2.45, 2.75) is 45.1 Å². The van der Waals surface area contributed by atoms with Crippen LogP contribution in [-0.2, 0) is 6.42 Å². The molecule has 2 aromatic rings. The minimum Gasteiger partial charge on any atom is -0.338 e. The zero-order valence-electron chi connectivity index (χ0n) is 15.1. The first-order chi connectivity index (χ1) is 12.2. The summed E-state index contributed by atoms with van der Waals surface area (Å²) in [5.74, 6) is 0. The number of likely N-dealkylation sites (tertiary alicyclic amines) is 1. The lowest BCUT2D eigenvalue weighted by molar-refractivity contribution is 0.176. The van der Waals surface area contributed by atoms with E-state index < -0.39 is 0 Å². The number of benzene rings is 2. The third-order valence-electron chi connectivity index (χ3n) is 4.97. The monoisotopic (exact) mass is 336 g/mol. The Bertz CT molecular complexity index is 683. The molecule has 1 N–H and O–H groups in total. The van der Waals surface area contributed by atoms with Gasteiger partial charge >= 0.3 is 6.03 Å². The molecule has 1 saturated heterocycles. The molecule has 0 bridgehead atoms. The van der Waals surface area contributed by atoms with E-state index >= 15 is 0 Å². The summed E-state index contributed by atoms with van der Waals surface area (Å²) in [5, 5.41) is 3.13. The van der Waals surface area contributed by atoms with Crippen molar-refractivity contribution in [1.29, 1.82) is 0 Å². The van der Waals surface area contributed by atoms with Crippen LogP contribution in [0.15, 0.2) is 54.6 Å². The number of nitrogens with zero attached hydrogens (tertiary/aromatic N) is 1. The Morgan fingerprint density at radius 1 is 1.08 bits per heavy atom. The third-order valence-corrected chi connectivity index (χ3v) is 4.97. The van der Waals surface area contributed by atoms with Crippen LogP contribution in [-0.4, -0.2) is 24.0 Å². The lowest BCUT2D eigenvalue weighted by atomic mass is 9.99. The molecule has 3 rings (SSSR count). The van der Waals surface area contributed by atoms with Gasteiger partial charge in [-0.05, 0) is 37.3 Å². The van der Waals surface area contributed by atoms with Crippen molar-refractivity contribution >= 4 is 6.03 Å². The number of amides is 2. The Labute approximate surface area is 151 Å². The molecular formula is C22H28N2O. The Hall–Kier alpha value is -2.29. The average molecular weight is 336 g/mol. The molecule has 2 amide bonds. The van der Waals surface area contributed by atoms with Crippen molar-refractivity contribution in [1.82, 2.24) is 10.2 Å². The molecule has 0 saturated carbocycles. The second-order valence-corrected chi connectivity index (χ2v) is 6.94. The van der Waals surface area contributed by atoms with E-state index in [-0.39, 0.29) is 12.1 Å². The number of hydrogen-bond acceptors (Lipinski definition) is 1. The predicted molar refractivity (Wildman–Crippen MR) is 103 cm³/mol. The predicted octanol–water partition coefficient (Wildman–Crippen LogP) is 4.86. The van der Waals surface area contributed by atoms with Gasteiger partial charge in [-0.2, -0.15) is 0 Å². The highest BCUT2D eigenvalue weighted by Crippen LogP contribution is 2.30. The number of aryl methyl sites for hydroxylation is 1. The summed E-state index contributed by atoms with van der Waals surface area (Å²) in [7, 11) is 0. The van der Waals surface area contributed by atoms with E-state index in [1.807, 2.05) is 23.1 Å². The molecule has 132 valence electrons. The molecule has 3 heteroatoms. The van der Waals surface area contributed by atoms with E-state index in [0.717, 1.165) is 25.8 Å². The summed E-state index contributed by atoms with van der Waals surface area (Å²) in [5.41, 5.74) is 3.78. The first-order valence-corrected chi connectivity index (χ1v) is 9.39. The first kappa shape index (κ1) is 17.5.